The molecule has 1 amide bonds. The van der Waals surface area contributed by atoms with E-state index in [0.29, 0.717) is 5.76 Å². The molecule has 1 spiro atoms. The monoisotopic (exact) mass is 333 g/mol. The van der Waals surface area contributed by atoms with E-state index >= 15 is 0 Å². The minimum atomic E-state index is 0.0237. The van der Waals surface area contributed by atoms with Crippen LogP contribution in [0.3, 0.4) is 0 Å². The Labute approximate surface area is 143 Å². The number of carbonyl (C=O) groups is 1. The molecule has 4 rings (SSSR count). The second kappa shape index (κ2) is 6.52. The summed E-state index contributed by atoms with van der Waals surface area (Å²) in [7, 11) is 0. The first-order chi connectivity index (χ1) is 11.7. The lowest BCUT2D eigenvalue weighted by molar-refractivity contribution is 0.00930. The number of carbonyl (C=O) groups excluding carboxylic acids is 1. The van der Waals surface area contributed by atoms with Gasteiger partial charge in [0.25, 0.3) is 5.91 Å². The van der Waals surface area contributed by atoms with Crippen molar-refractivity contribution in [3.63, 3.8) is 0 Å². The molecule has 1 atom stereocenters. The molecule has 24 heavy (non-hydrogen) atoms. The van der Waals surface area contributed by atoms with Gasteiger partial charge in [-0.25, -0.2) is 0 Å². The maximum Gasteiger partial charge on any atom is 0.289 e. The summed E-state index contributed by atoms with van der Waals surface area (Å²) in [6, 6.07) is 1.84. The summed E-state index contributed by atoms with van der Waals surface area (Å²) in [5.74, 6) is 1.32. The largest absolute Gasteiger partial charge is 0.459 e. The number of furan rings is 1. The predicted octanol–water partition coefficient (Wildman–Crippen LogP) is 3.03. The zero-order valence-corrected chi connectivity index (χ0v) is 14.5. The predicted molar refractivity (Wildman–Crippen MR) is 88.9 cm³/mol. The van der Waals surface area contributed by atoms with E-state index in [0.717, 1.165) is 63.7 Å². The fraction of sp³-hybridized carbons (Fsp3) is 0.737. The van der Waals surface area contributed by atoms with E-state index in [9.17, 15) is 4.79 Å². The molecule has 0 bridgehead atoms. The van der Waals surface area contributed by atoms with Gasteiger partial charge >= 0.3 is 0 Å². The molecular weight excluding hydrogens is 306 g/mol. The molecule has 5 nitrogen and oxygen atoms in total. The maximum absolute atomic E-state index is 12.5. The number of ether oxygens (including phenoxy) is 2. The molecule has 1 aromatic rings. The molecule has 3 heterocycles. The van der Waals surface area contributed by atoms with Gasteiger partial charge in [-0.3, -0.25) is 4.79 Å². The molecule has 1 aromatic heterocycles. The van der Waals surface area contributed by atoms with Crippen LogP contribution >= 0.6 is 0 Å². The van der Waals surface area contributed by atoms with Crippen molar-refractivity contribution >= 4 is 5.91 Å². The lowest BCUT2D eigenvalue weighted by atomic mass is 9.76. The van der Waals surface area contributed by atoms with Crippen molar-refractivity contribution in [3.8, 4) is 0 Å². The Kier molecular flexibility index (Phi) is 4.39. The first kappa shape index (κ1) is 16.2. The quantitative estimate of drug-likeness (QED) is 0.831. The molecule has 0 unspecified atom stereocenters. The average molecular weight is 333 g/mol. The number of piperidine rings is 1. The van der Waals surface area contributed by atoms with Gasteiger partial charge < -0.3 is 18.8 Å². The number of nitrogens with zero attached hydrogens (tertiary/aromatic N) is 1. The number of amides is 1. The molecule has 2 aliphatic heterocycles. The second-order valence-corrected chi connectivity index (χ2v) is 7.84. The summed E-state index contributed by atoms with van der Waals surface area (Å²) in [6.07, 6.45) is 7.57. The standard InChI is InChI=1S/C19H27NO4/c1-14-4-9-23-17(14)18(21)20-7-5-19(6-8-20)10-16(24-13-19)12-22-11-15-2-3-15/h4,9,15-16H,2-3,5-8,10-13H2,1H3/t16-/m0/s1. The third-order valence-corrected chi connectivity index (χ3v) is 5.81. The number of rotatable bonds is 5. The van der Waals surface area contributed by atoms with Crippen LogP contribution in [-0.4, -0.2) is 49.8 Å². The third kappa shape index (κ3) is 3.38. The summed E-state index contributed by atoms with van der Waals surface area (Å²) in [6.45, 7) is 5.94. The van der Waals surface area contributed by atoms with E-state index < -0.39 is 0 Å². The smallest absolute Gasteiger partial charge is 0.289 e. The van der Waals surface area contributed by atoms with Crippen LogP contribution in [0.2, 0.25) is 0 Å². The van der Waals surface area contributed by atoms with Crippen LogP contribution in [0, 0.1) is 18.3 Å². The summed E-state index contributed by atoms with van der Waals surface area (Å²) in [5, 5.41) is 0. The minimum Gasteiger partial charge on any atom is -0.459 e. The first-order valence-corrected chi connectivity index (χ1v) is 9.18. The molecule has 0 aromatic carbocycles. The number of aryl methyl sites for hydroxylation is 1. The summed E-state index contributed by atoms with van der Waals surface area (Å²) < 4.78 is 17.1. The van der Waals surface area contributed by atoms with Crippen molar-refractivity contribution < 1.29 is 18.7 Å². The van der Waals surface area contributed by atoms with Gasteiger partial charge in [0.05, 0.1) is 25.6 Å². The zero-order valence-electron chi connectivity index (χ0n) is 14.5. The Morgan fingerprint density at radius 2 is 2.12 bits per heavy atom. The highest BCUT2D eigenvalue weighted by Gasteiger charge is 2.43. The summed E-state index contributed by atoms with van der Waals surface area (Å²) >= 11 is 0. The number of hydrogen-bond acceptors (Lipinski definition) is 4. The maximum atomic E-state index is 12.5. The molecular formula is C19H27NO4. The Hall–Kier alpha value is -1.33. The fourth-order valence-electron chi connectivity index (χ4n) is 3.92. The lowest BCUT2D eigenvalue weighted by Crippen LogP contribution is -2.43. The van der Waals surface area contributed by atoms with Gasteiger partial charge in [0.15, 0.2) is 5.76 Å². The van der Waals surface area contributed by atoms with E-state index in [-0.39, 0.29) is 17.4 Å². The lowest BCUT2D eigenvalue weighted by Gasteiger charge is -2.38. The van der Waals surface area contributed by atoms with E-state index in [4.69, 9.17) is 13.9 Å². The molecule has 2 saturated heterocycles. The number of likely N-dealkylation sites (tertiary alicyclic amines) is 1. The topological polar surface area (TPSA) is 51.9 Å². The van der Waals surface area contributed by atoms with Crippen molar-refractivity contribution in [1.82, 2.24) is 4.90 Å². The van der Waals surface area contributed by atoms with Crippen LogP contribution in [0.1, 0.15) is 48.2 Å². The van der Waals surface area contributed by atoms with Gasteiger partial charge in [-0.15, -0.1) is 0 Å². The molecule has 3 aliphatic rings. The average Bonchev–Trinajstić information content (AvgIpc) is 3.18. The van der Waals surface area contributed by atoms with Crippen molar-refractivity contribution in [1.29, 1.82) is 0 Å². The van der Waals surface area contributed by atoms with Crippen molar-refractivity contribution in [3.05, 3.63) is 23.7 Å². The van der Waals surface area contributed by atoms with Crippen LogP contribution < -0.4 is 0 Å². The molecule has 3 fully saturated rings. The molecule has 1 aliphatic carbocycles. The fourth-order valence-corrected chi connectivity index (χ4v) is 3.92. The Morgan fingerprint density at radius 1 is 1.33 bits per heavy atom. The van der Waals surface area contributed by atoms with Gasteiger partial charge in [0, 0.05) is 25.3 Å². The van der Waals surface area contributed by atoms with Gasteiger partial charge in [-0.05, 0) is 56.4 Å². The minimum absolute atomic E-state index is 0.0237. The normalized spacial score (nSPS) is 26.2. The third-order valence-electron chi connectivity index (χ3n) is 5.81. The van der Waals surface area contributed by atoms with Crippen LogP contribution in [-0.2, 0) is 9.47 Å². The van der Waals surface area contributed by atoms with Gasteiger partial charge in [-0.2, -0.15) is 0 Å². The molecule has 0 radical (unpaired) electrons. The van der Waals surface area contributed by atoms with E-state index in [1.807, 2.05) is 17.9 Å². The molecule has 132 valence electrons. The zero-order chi connectivity index (χ0) is 16.6. The Balaban J connectivity index is 1.26. The van der Waals surface area contributed by atoms with Crippen LogP contribution in [0.25, 0.3) is 0 Å². The highest BCUT2D eigenvalue weighted by atomic mass is 16.5. The highest BCUT2D eigenvalue weighted by Crippen LogP contribution is 2.42. The number of hydrogen-bond donors (Lipinski definition) is 0. The van der Waals surface area contributed by atoms with E-state index in [1.165, 1.54) is 12.8 Å². The van der Waals surface area contributed by atoms with Crippen molar-refractivity contribution in [2.75, 3.05) is 32.9 Å². The van der Waals surface area contributed by atoms with Gasteiger partial charge in [0.1, 0.15) is 0 Å². The van der Waals surface area contributed by atoms with Crippen molar-refractivity contribution in [2.45, 2.75) is 45.1 Å². The van der Waals surface area contributed by atoms with Gasteiger partial charge in [-0.1, -0.05) is 0 Å². The van der Waals surface area contributed by atoms with E-state index in [1.54, 1.807) is 6.26 Å². The summed E-state index contributed by atoms with van der Waals surface area (Å²) in [5.41, 5.74) is 1.15. The Morgan fingerprint density at radius 3 is 2.79 bits per heavy atom. The van der Waals surface area contributed by atoms with Crippen LogP contribution in [0.5, 0.6) is 0 Å². The molecule has 1 saturated carbocycles. The van der Waals surface area contributed by atoms with Crippen LogP contribution in [0.4, 0.5) is 0 Å². The summed E-state index contributed by atoms with van der Waals surface area (Å²) in [4.78, 5) is 14.5. The van der Waals surface area contributed by atoms with Crippen molar-refractivity contribution in [2.24, 2.45) is 11.3 Å². The SMILES string of the molecule is Cc1ccoc1C(=O)N1CCC2(CC1)CO[C@H](COCC1CC1)C2. The van der Waals surface area contributed by atoms with E-state index in [2.05, 4.69) is 0 Å². The highest BCUT2D eigenvalue weighted by molar-refractivity contribution is 5.92. The van der Waals surface area contributed by atoms with Gasteiger partial charge in [0.2, 0.25) is 0 Å². The second-order valence-electron chi connectivity index (χ2n) is 7.84. The first-order valence-electron chi connectivity index (χ1n) is 9.18. The Bertz CT molecular complexity index is 584. The van der Waals surface area contributed by atoms with Crippen LogP contribution in [0.15, 0.2) is 16.7 Å². The molecule has 0 N–H and O–H groups in total. The molecule has 5 heteroatoms.